The lowest BCUT2D eigenvalue weighted by atomic mass is 10.2. The zero-order chi connectivity index (χ0) is 12.7. The summed E-state index contributed by atoms with van der Waals surface area (Å²) in [5.41, 5.74) is 2.70. The van der Waals surface area contributed by atoms with Gasteiger partial charge >= 0.3 is 0 Å². The third-order valence-corrected chi connectivity index (χ3v) is 3.62. The van der Waals surface area contributed by atoms with Crippen LogP contribution in [0.5, 0.6) is 17.2 Å². The third-order valence-electron chi connectivity index (χ3n) is 2.09. The first-order valence-corrected chi connectivity index (χ1v) is 7.03. The van der Waals surface area contributed by atoms with Crippen molar-refractivity contribution in [3.63, 3.8) is 0 Å². The summed E-state index contributed by atoms with van der Waals surface area (Å²) in [5, 5.41) is 0. The lowest BCUT2D eigenvalue weighted by Gasteiger charge is -2.15. The average Bonchev–Trinajstić information content (AvgIpc) is 2.38. The number of carbonyl (C=O) groups excluding carboxylic acids is 1. The molecule has 0 spiro atoms. The van der Waals surface area contributed by atoms with E-state index in [-0.39, 0.29) is 0 Å². The van der Waals surface area contributed by atoms with E-state index in [1.54, 1.807) is 26.9 Å². The molecule has 1 rings (SSSR count). The molecule has 0 saturated heterocycles. The van der Waals surface area contributed by atoms with Crippen molar-refractivity contribution >= 4 is 27.2 Å². The van der Waals surface area contributed by atoms with E-state index in [1.807, 2.05) is 12.1 Å². The van der Waals surface area contributed by atoms with Crippen molar-refractivity contribution < 1.29 is 19.0 Å². The van der Waals surface area contributed by atoms with Gasteiger partial charge in [-0.25, -0.2) is 0 Å². The minimum Gasteiger partial charge on any atom is -0.493 e. The van der Waals surface area contributed by atoms with Crippen LogP contribution in [0.15, 0.2) is 12.1 Å². The topological polar surface area (TPSA) is 44.8 Å². The summed E-state index contributed by atoms with van der Waals surface area (Å²) in [6.45, 7) is 0. The SMILES string of the molecule is COc1ccc(CSS[C]=O)c(OC)c1OC. The van der Waals surface area contributed by atoms with Crippen molar-refractivity contribution in [2.75, 3.05) is 21.3 Å². The molecule has 1 radical (unpaired) electrons. The molecule has 0 aromatic heterocycles. The summed E-state index contributed by atoms with van der Waals surface area (Å²) in [5.74, 6) is 2.44. The molecule has 1 aromatic carbocycles. The van der Waals surface area contributed by atoms with Gasteiger partial charge in [0.15, 0.2) is 11.5 Å². The van der Waals surface area contributed by atoms with Crippen molar-refractivity contribution in [2.45, 2.75) is 5.75 Å². The molecule has 0 aliphatic carbocycles. The molecular weight excluding hydrogens is 260 g/mol. The number of methoxy groups -OCH3 is 3. The van der Waals surface area contributed by atoms with Crippen LogP contribution in [0.25, 0.3) is 0 Å². The second kappa shape index (κ2) is 7.34. The molecule has 0 unspecified atom stereocenters. The highest BCUT2D eigenvalue weighted by molar-refractivity contribution is 8.81. The van der Waals surface area contributed by atoms with E-state index >= 15 is 0 Å². The Morgan fingerprint density at radius 1 is 1.12 bits per heavy atom. The van der Waals surface area contributed by atoms with Crippen molar-refractivity contribution in [1.29, 1.82) is 0 Å². The average molecular weight is 273 g/mol. The summed E-state index contributed by atoms with van der Waals surface area (Å²) >= 11 is 0. The molecule has 6 heteroatoms. The van der Waals surface area contributed by atoms with Gasteiger partial charge in [0.2, 0.25) is 5.75 Å². The quantitative estimate of drug-likeness (QED) is 0.562. The van der Waals surface area contributed by atoms with Crippen LogP contribution < -0.4 is 14.2 Å². The Hall–Kier alpha value is -1.01. The van der Waals surface area contributed by atoms with Crippen molar-refractivity contribution in [3.8, 4) is 17.2 Å². The van der Waals surface area contributed by atoms with E-state index in [2.05, 4.69) is 0 Å². The predicted octanol–water partition coefficient (Wildman–Crippen LogP) is 2.66. The normalized spacial score (nSPS) is 9.82. The van der Waals surface area contributed by atoms with E-state index < -0.39 is 0 Å². The van der Waals surface area contributed by atoms with Crippen molar-refractivity contribution in [2.24, 2.45) is 0 Å². The van der Waals surface area contributed by atoms with Gasteiger partial charge in [-0.1, -0.05) is 16.9 Å². The van der Waals surface area contributed by atoms with Crippen LogP contribution in [0.1, 0.15) is 5.56 Å². The van der Waals surface area contributed by atoms with Gasteiger partial charge in [-0.05, 0) is 16.9 Å². The first kappa shape index (κ1) is 14.1. The van der Waals surface area contributed by atoms with E-state index in [1.165, 1.54) is 10.8 Å². The first-order chi connectivity index (χ1) is 8.28. The van der Waals surface area contributed by atoms with E-state index in [0.717, 1.165) is 16.4 Å². The fourth-order valence-corrected chi connectivity index (χ4v) is 2.56. The second-order valence-electron chi connectivity index (χ2n) is 2.92. The standard InChI is InChI=1S/C11H13O4S2/c1-13-9-5-4-8(6-16-17-7-12)10(14-2)11(9)15-3/h4-5H,6H2,1-3H3. The molecular formula is C11H13O4S2. The Labute approximate surface area is 108 Å². The van der Waals surface area contributed by atoms with Gasteiger partial charge in [0.05, 0.1) is 21.3 Å². The van der Waals surface area contributed by atoms with Gasteiger partial charge in [-0.15, -0.1) is 0 Å². The zero-order valence-corrected chi connectivity index (χ0v) is 11.4. The minimum absolute atomic E-state index is 0.563. The van der Waals surface area contributed by atoms with E-state index in [4.69, 9.17) is 14.2 Å². The highest BCUT2D eigenvalue weighted by Crippen LogP contribution is 2.41. The Morgan fingerprint density at radius 2 is 1.82 bits per heavy atom. The summed E-state index contributed by atoms with van der Waals surface area (Å²) in [4.78, 5) is 10.1. The molecule has 0 atom stereocenters. The minimum atomic E-state index is 0.563. The molecule has 0 aliphatic heterocycles. The van der Waals surface area contributed by atoms with Crippen molar-refractivity contribution in [1.82, 2.24) is 0 Å². The first-order valence-electron chi connectivity index (χ1n) is 4.71. The molecule has 4 nitrogen and oxygen atoms in total. The summed E-state index contributed by atoms with van der Waals surface area (Å²) in [6, 6.07) is 3.70. The Bertz CT molecular complexity index is 382. The summed E-state index contributed by atoms with van der Waals surface area (Å²) in [6.07, 6.45) is 0. The second-order valence-corrected chi connectivity index (χ2v) is 4.99. The Morgan fingerprint density at radius 3 is 2.35 bits per heavy atom. The Balaban J connectivity index is 3.00. The lowest BCUT2D eigenvalue weighted by molar-refractivity contribution is 0.323. The van der Waals surface area contributed by atoms with Gasteiger partial charge in [0.1, 0.15) is 0 Å². The smallest absolute Gasteiger partial charge is 0.277 e. The molecule has 1 aromatic rings. The number of rotatable bonds is 7. The van der Waals surface area contributed by atoms with Gasteiger partial charge in [0.25, 0.3) is 5.62 Å². The highest BCUT2D eigenvalue weighted by Gasteiger charge is 2.15. The molecule has 93 valence electrons. The molecule has 0 fully saturated rings. The van der Waals surface area contributed by atoms with Gasteiger partial charge in [0, 0.05) is 11.3 Å². The van der Waals surface area contributed by atoms with Crippen LogP contribution in [0.3, 0.4) is 0 Å². The lowest BCUT2D eigenvalue weighted by Crippen LogP contribution is -1.97. The largest absolute Gasteiger partial charge is 0.493 e. The number of hydrogen-bond donors (Lipinski definition) is 0. The number of hydrogen-bond acceptors (Lipinski definition) is 6. The monoisotopic (exact) mass is 273 g/mol. The fraction of sp³-hybridized carbons (Fsp3) is 0.364. The molecule has 0 heterocycles. The molecule has 17 heavy (non-hydrogen) atoms. The number of benzene rings is 1. The van der Waals surface area contributed by atoms with Crippen molar-refractivity contribution in [3.05, 3.63) is 17.7 Å². The van der Waals surface area contributed by atoms with Crippen LogP contribution in [0.2, 0.25) is 0 Å². The summed E-state index contributed by atoms with van der Waals surface area (Å²) < 4.78 is 15.8. The maximum Gasteiger partial charge on any atom is 0.277 e. The van der Waals surface area contributed by atoms with Crippen LogP contribution in [-0.4, -0.2) is 26.9 Å². The molecule has 0 N–H and O–H groups in total. The van der Waals surface area contributed by atoms with Gasteiger partial charge < -0.3 is 14.2 Å². The van der Waals surface area contributed by atoms with E-state index in [9.17, 15) is 4.79 Å². The van der Waals surface area contributed by atoms with Gasteiger partial charge in [-0.2, -0.15) is 0 Å². The molecule has 0 saturated carbocycles. The summed E-state index contributed by atoms with van der Waals surface area (Å²) in [7, 11) is 7.12. The van der Waals surface area contributed by atoms with Gasteiger partial charge in [-0.3, -0.25) is 4.79 Å². The predicted molar refractivity (Wildman–Crippen MR) is 70.7 cm³/mol. The maximum absolute atomic E-state index is 10.1. The fourth-order valence-electron chi connectivity index (χ4n) is 1.39. The maximum atomic E-state index is 10.1. The third kappa shape index (κ3) is 3.47. The van der Waals surface area contributed by atoms with Crippen LogP contribution in [0, 0.1) is 0 Å². The molecule has 0 amide bonds. The molecule has 0 bridgehead atoms. The van der Waals surface area contributed by atoms with Crippen LogP contribution in [0.4, 0.5) is 0 Å². The Kier molecular flexibility index (Phi) is 6.07. The molecule has 0 aliphatic rings. The van der Waals surface area contributed by atoms with Crippen LogP contribution >= 0.6 is 21.6 Å². The number of ether oxygens (including phenoxy) is 3. The highest BCUT2D eigenvalue weighted by atomic mass is 33.1. The zero-order valence-electron chi connectivity index (χ0n) is 9.81. The van der Waals surface area contributed by atoms with Crippen LogP contribution in [-0.2, 0) is 10.5 Å². The van der Waals surface area contributed by atoms with E-state index in [0.29, 0.717) is 23.0 Å².